The van der Waals surface area contributed by atoms with Gasteiger partial charge in [0.15, 0.2) is 0 Å². The van der Waals surface area contributed by atoms with Gasteiger partial charge in [-0.3, -0.25) is 4.99 Å². The van der Waals surface area contributed by atoms with Crippen molar-refractivity contribution in [3.8, 4) is 11.5 Å². The van der Waals surface area contributed by atoms with Crippen molar-refractivity contribution in [2.24, 2.45) is 10.2 Å². The van der Waals surface area contributed by atoms with Crippen molar-refractivity contribution in [3.05, 3.63) is 58.5 Å². The van der Waals surface area contributed by atoms with E-state index in [1.807, 2.05) is 0 Å². The maximum atomic E-state index is 10.3. The second-order valence-corrected chi connectivity index (χ2v) is 4.44. The molecule has 2 aromatic rings. The van der Waals surface area contributed by atoms with Crippen molar-refractivity contribution < 1.29 is 15.3 Å². The highest BCUT2D eigenvalue weighted by Gasteiger charge is 2.06. The molecule has 0 aliphatic rings. The van der Waals surface area contributed by atoms with Crippen LogP contribution in [0.1, 0.15) is 17.2 Å². The number of aliphatic hydroxyl groups excluding tert-OH is 1. The lowest BCUT2D eigenvalue weighted by Crippen LogP contribution is -2.01. The second-order valence-electron chi connectivity index (χ2n) is 4.44. The van der Waals surface area contributed by atoms with E-state index in [0.717, 1.165) is 0 Å². The molecule has 2 aromatic carbocycles. The van der Waals surface area contributed by atoms with E-state index in [9.17, 15) is 15.1 Å². The zero-order chi connectivity index (χ0) is 15.2. The second kappa shape index (κ2) is 6.62. The minimum atomic E-state index is -0.818. The van der Waals surface area contributed by atoms with Crippen LogP contribution in [-0.4, -0.2) is 28.1 Å². The summed E-state index contributed by atoms with van der Waals surface area (Å²) in [6.07, 6.45) is 0.598. The fourth-order valence-corrected chi connectivity index (χ4v) is 1.75. The van der Waals surface area contributed by atoms with Crippen molar-refractivity contribution in [2.75, 3.05) is 6.54 Å². The Morgan fingerprint density at radius 2 is 1.81 bits per heavy atom. The van der Waals surface area contributed by atoms with Crippen molar-refractivity contribution in [1.82, 2.24) is 0 Å². The van der Waals surface area contributed by atoms with Gasteiger partial charge in [-0.05, 0) is 35.0 Å². The summed E-state index contributed by atoms with van der Waals surface area (Å²) in [7, 11) is 0. The predicted octanol–water partition coefficient (Wildman–Crippen LogP) is 2.65. The Kier molecular flexibility index (Phi) is 4.63. The Morgan fingerprint density at radius 3 is 2.43 bits per heavy atom. The van der Waals surface area contributed by atoms with E-state index in [2.05, 4.69) is 10.2 Å². The van der Waals surface area contributed by atoms with E-state index in [1.165, 1.54) is 36.5 Å². The molecule has 0 heterocycles. The van der Waals surface area contributed by atoms with Crippen molar-refractivity contribution >= 4 is 11.9 Å². The topological polar surface area (TPSA) is 102 Å². The molecule has 0 bridgehead atoms. The lowest BCUT2D eigenvalue weighted by Gasteiger charge is -2.07. The molecule has 21 heavy (non-hydrogen) atoms. The first-order valence-corrected chi connectivity index (χ1v) is 6.23. The number of hydrogen-bond donors (Lipinski definition) is 3. The number of phenols is 2. The molecule has 6 heteroatoms. The number of phenolic OH excluding ortho intramolecular Hbond substituents is 2. The molecule has 1 unspecified atom stereocenters. The molecule has 3 N–H and O–H groups in total. The molecule has 0 aliphatic carbocycles. The van der Waals surface area contributed by atoms with Crippen LogP contribution in [0.2, 0.25) is 0 Å². The monoisotopic (exact) mass is 286 g/mol. The quantitative estimate of drug-likeness (QED) is 0.580. The van der Waals surface area contributed by atoms with E-state index in [0.29, 0.717) is 16.8 Å². The fraction of sp³-hybridized carbons (Fsp3) is 0.133. The minimum absolute atomic E-state index is 0.0337. The molecule has 1 atom stereocenters. The van der Waals surface area contributed by atoms with Gasteiger partial charge in [0.2, 0.25) is 0 Å². The fourth-order valence-electron chi connectivity index (χ4n) is 1.75. The summed E-state index contributed by atoms with van der Waals surface area (Å²) in [5.41, 5.74) is 1.36. The van der Waals surface area contributed by atoms with Crippen LogP contribution in [0.25, 0.3) is 0 Å². The minimum Gasteiger partial charge on any atom is -0.508 e. The molecule has 108 valence electrons. The van der Waals surface area contributed by atoms with Crippen molar-refractivity contribution in [2.45, 2.75) is 6.10 Å². The van der Waals surface area contributed by atoms with E-state index < -0.39 is 6.10 Å². The molecule has 2 rings (SSSR count). The number of aromatic hydroxyl groups is 2. The molecule has 0 aromatic heterocycles. The van der Waals surface area contributed by atoms with Crippen LogP contribution in [0.5, 0.6) is 11.5 Å². The maximum absolute atomic E-state index is 10.3. The summed E-state index contributed by atoms with van der Waals surface area (Å²) < 4.78 is 0. The van der Waals surface area contributed by atoms with Crippen molar-refractivity contribution in [1.29, 1.82) is 0 Å². The Morgan fingerprint density at radius 1 is 1.10 bits per heavy atom. The van der Waals surface area contributed by atoms with Gasteiger partial charge in [0, 0.05) is 17.8 Å². The van der Waals surface area contributed by atoms with Crippen LogP contribution in [-0.2, 0) is 0 Å². The third-order valence-corrected chi connectivity index (χ3v) is 2.91. The van der Waals surface area contributed by atoms with Gasteiger partial charge in [-0.15, -0.1) is 4.91 Å². The molecule has 0 radical (unpaired) electrons. The smallest absolute Gasteiger partial charge is 0.128 e. The van der Waals surface area contributed by atoms with Gasteiger partial charge >= 0.3 is 0 Å². The summed E-state index contributed by atoms with van der Waals surface area (Å²) in [4.78, 5) is 14.3. The maximum Gasteiger partial charge on any atom is 0.128 e. The summed E-state index contributed by atoms with van der Waals surface area (Å²) in [5.74, 6) is -0.122. The van der Waals surface area contributed by atoms with E-state index in [-0.39, 0.29) is 18.0 Å². The highest BCUT2D eigenvalue weighted by molar-refractivity contribution is 5.83. The third kappa shape index (κ3) is 3.87. The van der Waals surface area contributed by atoms with Gasteiger partial charge in [0.25, 0.3) is 0 Å². The Hall–Kier alpha value is -2.73. The average Bonchev–Trinajstić information content (AvgIpc) is 2.49. The molecule has 0 saturated heterocycles. The Balaban J connectivity index is 2.00. The lowest BCUT2D eigenvalue weighted by molar-refractivity contribution is 0.187. The zero-order valence-electron chi connectivity index (χ0n) is 11.0. The number of benzene rings is 2. The Bertz CT molecular complexity index is 653. The normalized spacial score (nSPS) is 12.4. The SMILES string of the molecule is O=Nc1ccc(C(O)C/N=C/c2ccc(O)cc2O)cc1. The number of aliphatic hydroxyl groups is 1. The summed E-state index contributed by atoms with van der Waals surface area (Å²) in [6.45, 7) is 0.105. The number of rotatable bonds is 5. The van der Waals surface area contributed by atoms with Crippen molar-refractivity contribution in [3.63, 3.8) is 0 Å². The van der Waals surface area contributed by atoms with Crippen LogP contribution in [0, 0.1) is 4.91 Å². The van der Waals surface area contributed by atoms with E-state index in [4.69, 9.17) is 5.11 Å². The number of hydrogen-bond acceptors (Lipinski definition) is 6. The number of nitrogens with zero attached hydrogens (tertiary/aromatic N) is 2. The van der Waals surface area contributed by atoms with Gasteiger partial charge in [0.05, 0.1) is 12.6 Å². The van der Waals surface area contributed by atoms with E-state index in [1.54, 1.807) is 12.1 Å². The van der Waals surface area contributed by atoms with Gasteiger partial charge < -0.3 is 15.3 Å². The highest BCUT2D eigenvalue weighted by Crippen LogP contribution is 2.21. The van der Waals surface area contributed by atoms with Crippen LogP contribution in [0.4, 0.5) is 5.69 Å². The largest absolute Gasteiger partial charge is 0.508 e. The van der Waals surface area contributed by atoms with E-state index >= 15 is 0 Å². The molecular formula is C15H14N2O4. The van der Waals surface area contributed by atoms with Crippen LogP contribution >= 0.6 is 0 Å². The number of nitroso groups, excluding NO2 is 1. The first kappa shape index (κ1) is 14.7. The average molecular weight is 286 g/mol. The van der Waals surface area contributed by atoms with Crippen LogP contribution in [0.3, 0.4) is 0 Å². The molecule has 0 fully saturated rings. The highest BCUT2D eigenvalue weighted by atomic mass is 16.3. The standard InChI is InChI=1S/C15H14N2O4/c18-13-6-3-11(14(19)7-13)8-16-9-15(20)10-1-4-12(17-21)5-2-10/h1-8,15,18-20H,9H2/b16-8+. The van der Waals surface area contributed by atoms with Gasteiger partial charge in [0.1, 0.15) is 17.2 Å². The van der Waals surface area contributed by atoms with Crippen LogP contribution < -0.4 is 0 Å². The Labute approximate surface area is 121 Å². The first-order chi connectivity index (χ1) is 10.1. The molecule has 0 amide bonds. The van der Waals surface area contributed by atoms with Gasteiger partial charge in [-0.1, -0.05) is 12.1 Å². The summed E-state index contributed by atoms with van der Waals surface area (Å²) >= 11 is 0. The lowest BCUT2D eigenvalue weighted by atomic mass is 10.1. The van der Waals surface area contributed by atoms with Gasteiger partial charge in [-0.25, -0.2) is 0 Å². The molecular weight excluding hydrogens is 272 g/mol. The van der Waals surface area contributed by atoms with Crippen LogP contribution in [0.15, 0.2) is 52.6 Å². The zero-order valence-corrected chi connectivity index (χ0v) is 11.0. The molecule has 0 saturated carbocycles. The summed E-state index contributed by atoms with van der Waals surface area (Å²) in [6, 6.07) is 10.4. The third-order valence-electron chi connectivity index (χ3n) is 2.91. The number of aliphatic imine (C=N–C) groups is 1. The van der Waals surface area contributed by atoms with Gasteiger partial charge in [-0.2, -0.15) is 0 Å². The predicted molar refractivity (Wildman–Crippen MR) is 79.1 cm³/mol. The molecule has 6 nitrogen and oxygen atoms in total. The first-order valence-electron chi connectivity index (χ1n) is 6.23. The molecule has 0 aliphatic heterocycles. The molecule has 0 spiro atoms. The summed E-state index contributed by atoms with van der Waals surface area (Å²) in [5, 5.41) is 31.5.